The number of allylic oxidation sites excluding steroid dienone is 1. The normalized spacial score (nSPS) is 15.4. The van der Waals surface area contributed by atoms with Gasteiger partial charge in [0.1, 0.15) is 5.75 Å². The van der Waals surface area contributed by atoms with E-state index in [0.29, 0.717) is 18.0 Å². The van der Waals surface area contributed by atoms with Crippen LogP contribution in [0.25, 0.3) is 17.3 Å². The van der Waals surface area contributed by atoms with Gasteiger partial charge in [-0.2, -0.15) is 0 Å². The summed E-state index contributed by atoms with van der Waals surface area (Å²) in [4.78, 5) is 20.5. The van der Waals surface area contributed by atoms with Crippen molar-refractivity contribution in [2.24, 2.45) is 4.99 Å². The average Bonchev–Trinajstić information content (AvgIpc) is 3.11. The van der Waals surface area contributed by atoms with Gasteiger partial charge in [-0.1, -0.05) is 42.5 Å². The first-order valence-electron chi connectivity index (χ1n) is 9.80. The van der Waals surface area contributed by atoms with Crippen LogP contribution in [0.4, 0.5) is 0 Å². The van der Waals surface area contributed by atoms with E-state index in [0.717, 1.165) is 51.7 Å². The molecule has 5 rings (SSSR count). The predicted molar refractivity (Wildman–Crippen MR) is 112 cm³/mol. The van der Waals surface area contributed by atoms with Crippen molar-refractivity contribution in [1.29, 1.82) is 0 Å². The summed E-state index contributed by atoms with van der Waals surface area (Å²) in [5.74, 6) is 1.36. The molecular formula is C24H21N3O2. The molecule has 0 spiro atoms. The molecule has 0 atom stereocenters. The molecule has 0 bridgehead atoms. The number of aromatic nitrogens is 1. The molecule has 2 N–H and O–H groups in total. The summed E-state index contributed by atoms with van der Waals surface area (Å²) in [7, 11) is 0. The molecule has 0 saturated heterocycles. The Morgan fingerprint density at radius 1 is 1.03 bits per heavy atom. The molecule has 3 heterocycles. The molecule has 0 unspecified atom stereocenters. The second-order valence-electron chi connectivity index (χ2n) is 7.35. The third-order valence-electron chi connectivity index (χ3n) is 5.33. The summed E-state index contributed by atoms with van der Waals surface area (Å²) in [6.07, 6.45) is 3.75. The van der Waals surface area contributed by atoms with E-state index in [2.05, 4.69) is 22.4 Å². The molecule has 0 aliphatic carbocycles. The largest absolute Gasteiger partial charge is 0.439 e. The van der Waals surface area contributed by atoms with Crippen LogP contribution < -0.4 is 20.6 Å². The quantitative estimate of drug-likeness (QED) is 0.730. The van der Waals surface area contributed by atoms with Gasteiger partial charge in [-0.3, -0.25) is 4.79 Å². The van der Waals surface area contributed by atoms with Gasteiger partial charge in [-0.15, -0.1) is 0 Å². The highest BCUT2D eigenvalue weighted by Crippen LogP contribution is 2.23. The van der Waals surface area contributed by atoms with Crippen molar-refractivity contribution in [3.63, 3.8) is 0 Å². The molecule has 2 aliphatic heterocycles. The second kappa shape index (κ2) is 7.09. The molecule has 5 nitrogen and oxygen atoms in total. The zero-order chi connectivity index (χ0) is 19.8. The Morgan fingerprint density at radius 3 is 2.72 bits per heavy atom. The lowest BCUT2D eigenvalue weighted by Gasteiger charge is -2.11. The number of benzene rings is 2. The molecule has 5 heteroatoms. The number of fused-ring (bicyclic) bond motifs is 2. The lowest BCUT2D eigenvalue weighted by Crippen LogP contribution is -2.31. The zero-order valence-electron chi connectivity index (χ0n) is 16.2. The van der Waals surface area contributed by atoms with E-state index in [1.54, 1.807) is 0 Å². The van der Waals surface area contributed by atoms with Crippen molar-refractivity contribution in [3.05, 3.63) is 87.9 Å². The summed E-state index contributed by atoms with van der Waals surface area (Å²) in [6, 6.07) is 17.8. The third kappa shape index (κ3) is 3.25. The fourth-order valence-corrected chi connectivity index (χ4v) is 3.76. The van der Waals surface area contributed by atoms with E-state index in [1.807, 2.05) is 55.5 Å². The van der Waals surface area contributed by atoms with Gasteiger partial charge in [-0.05, 0) is 42.3 Å². The van der Waals surface area contributed by atoms with E-state index < -0.39 is 0 Å². The summed E-state index contributed by atoms with van der Waals surface area (Å²) >= 11 is 0. The molecule has 0 saturated carbocycles. The zero-order valence-corrected chi connectivity index (χ0v) is 16.2. The third-order valence-corrected chi connectivity index (χ3v) is 5.33. The van der Waals surface area contributed by atoms with E-state index in [9.17, 15) is 4.79 Å². The second-order valence-corrected chi connectivity index (χ2v) is 7.35. The molecule has 2 aromatic carbocycles. The van der Waals surface area contributed by atoms with Crippen molar-refractivity contribution < 1.29 is 9.53 Å². The van der Waals surface area contributed by atoms with Gasteiger partial charge < -0.3 is 15.0 Å². The van der Waals surface area contributed by atoms with E-state index in [1.165, 1.54) is 0 Å². The summed E-state index contributed by atoms with van der Waals surface area (Å²) in [5, 5.41) is 4.82. The van der Waals surface area contributed by atoms with Crippen LogP contribution in [0.2, 0.25) is 0 Å². The monoisotopic (exact) mass is 383 g/mol. The van der Waals surface area contributed by atoms with Crippen LogP contribution in [-0.4, -0.2) is 17.4 Å². The average molecular weight is 383 g/mol. The lowest BCUT2D eigenvalue weighted by molar-refractivity contribution is 0.0946. The van der Waals surface area contributed by atoms with Crippen LogP contribution in [0.5, 0.6) is 5.75 Å². The number of ether oxygens (including phenoxy) is 1. The highest BCUT2D eigenvalue weighted by Gasteiger charge is 2.21. The number of rotatable bonds is 3. The molecule has 2 aliphatic rings. The SMILES string of the molecule is CC1=C(Oc2ccccc2)N=c2c(-c3cc4c([nH]3)CCNC4=O)cccc2=CC1. The molecule has 3 aromatic rings. The fourth-order valence-electron chi connectivity index (χ4n) is 3.76. The van der Waals surface area contributed by atoms with Crippen LogP contribution in [0.3, 0.4) is 0 Å². The maximum absolute atomic E-state index is 12.2. The van der Waals surface area contributed by atoms with Crippen LogP contribution in [0, 0.1) is 0 Å². The van der Waals surface area contributed by atoms with Crippen molar-refractivity contribution in [1.82, 2.24) is 10.3 Å². The number of carbonyl (C=O) groups is 1. The first-order valence-corrected chi connectivity index (χ1v) is 9.80. The maximum atomic E-state index is 12.2. The van der Waals surface area contributed by atoms with Gasteiger partial charge >= 0.3 is 0 Å². The van der Waals surface area contributed by atoms with Gasteiger partial charge in [-0.25, -0.2) is 4.99 Å². The predicted octanol–water partition coefficient (Wildman–Crippen LogP) is 3.08. The molecule has 1 amide bonds. The number of nitrogens with one attached hydrogen (secondary N) is 2. The van der Waals surface area contributed by atoms with Gasteiger partial charge in [0.25, 0.3) is 5.91 Å². The minimum atomic E-state index is -0.0249. The number of hydrogen-bond donors (Lipinski definition) is 2. The summed E-state index contributed by atoms with van der Waals surface area (Å²) in [6.45, 7) is 2.70. The highest BCUT2D eigenvalue weighted by atomic mass is 16.5. The van der Waals surface area contributed by atoms with E-state index in [4.69, 9.17) is 9.73 Å². The molecule has 0 radical (unpaired) electrons. The van der Waals surface area contributed by atoms with Crippen LogP contribution in [-0.2, 0) is 6.42 Å². The van der Waals surface area contributed by atoms with E-state index in [-0.39, 0.29) is 5.91 Å². The topological polar surface area (TPSA) is 66.5 Å². The Bertz CT molecular complexity index is 1250. The Morgan fingerprint density at radius 2 is 1.90 bits per heavy atom. The Hall–Kier alpha value is -3.60. The van der Waals surface area contributed by atoms with Crippen molar-refractivity contribution in [2.75, 3.05) is 6.54 Å². The molecular weight excluding hydrogens is 362 g/mol. The van der Waals surface area contributed by atoms with Gasteiger partial charge in [0.05, 0.1) is 10.9 Å². The standard InChI is InChI=1S/C24H21N3O2/c1-15-10-11-16-6-5-9-18(21-14-19-20(26-21)12-13-25-23(19)28)22(16)27-24(15)29-17-7-3-2-4-8-17/h2-9,11,14,26H,10,12-13H2,1H3,(H,25,28). The van der Waals surface area contributed by atoms with Crippen molar-refractivity contribution >= 4 is 12.0 Å². The number of hydrogen-bond acceptors (Lipinski definition) is 3. The number of amides is 1. The smallest absolute Gasteiger partial charge is 0.253 e. The Balaban J connectivity index is 1.65. The Labute approximate surface area is 168 Å². The van der Waals surface area contributed by atoms with E-state index >= 15 is 0 Å². The number of para-hydroxylation sites is 2. The maximum Gasteiger partial charge on any atom is 0.253 e. The molecule has 0 fully saturated rings. The number of nitrogens with zero attached hydrogens (tertiary/aromatic N) is 1. The van der Waals surface area contributed by atoms with Gasteiger partial charge in [0, 0.05) is 29.9 Å². The highest BCUT2D eigenvalue weighted by molar-refractivity contribution is 5.97. The lowest BCUT2D eigenvalue weighted by atomic mass is 10.1. The minimum absolute atomic E-state index is 0.0249. The summed E-state index contributed by atoms with van der Waals surface area (Å²) in [5.41, 5.74) is 4.63. The molecule has 1 aromatic heterocycles. The van der Waals surface area contributed by atoms with Crippen LogP contribution >= 0.6 is 0 Å². The minimum Gasteiger partial charge on any atom is -0.439 e. The van der Waals surface area contributed by atoms with Crippen LogP contribution in [0.15, 0.2) is 71.0 Å². The Kier molecular flexibility index (Phi) is 4.28. The number of H-pyrrole nitrogens is 1. The number of aromatic amines is 1. The summed E-state index contributed by atoms with van der Waals surface area (Å²) < 4.78 is 6.11. The van der Waals surface area contributed by atoms with Gasteiger partial charge in [0.2, 0.25) is 5.88 Å². The van der Waals surface area contributed by atoms with Crippen LogP contribution in [0.1, 0.15) is 29.4 Å². The van der Waals surface area contributed by atoms with Gasteiger partial charge in [0.15, 0.2) is 0 Å². The first-order chi connectivity index (χ1) is 14.2. The van der Waals surface area contributed by atoms with Crippen molar-refractivity contribution in [3.8, 4) is 17.0 Å². The van der Waals surface area contributed by atoms with Crippen molar-refractivity contribution in [2.45, 2.75) is 19.8 Å². The first kappa shape index (κ1) is 17.5. The molecule has 144 valence electrons. The fraction of sp³-hybridized carbons (Fsp3) is 0.167. The number of carbonyl (C=O) groups excluding carboxylic acids is 1. The molecule has 29 heavy (non-hydrogen) atoms.